The molecule has 2 fully saturated rings. The first-order valence-corrected chi connectivity index (χ1v) is 36.1. The summed E-state index contributed by atoms with van der Waals surface area (Å²) in [6.07, 6.45) is 3.70. The monoisotopic (exact) mass is 1390 g/mol. The molecule has 2 saturated heterocycles. The molecule has 6 N–H and O–H groups in total. The number of amides is 11. The van der Waals surface area contributed by atoms with Crippen molar-refractivity contribution in [3.63, 3.8) is 0 Å². The lowest BCUT2D eigenvalue weighted by Crippen LogP contribution is -2.64. The Morgan fingerprint density at radius 2 is 1.01 bits per heavy atom. The molecule has 97 heavy (non-hydrogen) atoms. The van der Waals surface area contributed by atoms with Gasteiger partial charge in [0.15, 0.2) is 5.37 Å². The van der Waals surface area contributed by atoms with Crippen molar-refractivity contribution in [1.29, 1.82) is 0 Å². The molecule has 0 unspecified atom stereocenters. The number of allylic oxidation sites excluding steroid dienone is 2. The molecule has 556 valence electrons. The predicted molar refractivity (Wildman–Crippen MR) is 378 cm³/mol. The van der Waals surface area contributed by atoms with Crippen molar-refractivity contribution >= 4 is 76.7 Å². The van der Waals surface area contributed by atoms with Gasteiger partial charge in [0.05, 0.1) is 24.9 Å². The zero-order valence-electron chi connectivity index (χ0n) is 63.2. The van der Waals surface area contributed by atoms with Crippen LogP contribution >= 0.6 is 11.8 Å². The van der Waals surface area contributed by atoms with Gasteiger partial charge in [-0.1, -0.05) is 95.2 Å². The number of nitrogens with one attached hydrogen (secondary N) is 4. The number of morpholine rings is 1. The van der Waals surface area contributed by atoms with E-state index in [1.165, 1.54) is 102 Å². The predicted octanol–water partition coefficient (Wildman–Crippen LogP) is 3.56. The van der Waals surface area contributed by atoms with Gasteiger partial charge in [0.2, 0.25) is 59.1 Å². The van der Waals surface area contributed by atoms with Crippen LogP contribution in [0.5, 0.6) is 0 Å². The summed E-state index contributed by atoms with van der Waals surface area (Å²) in [4.78, 5) is 175. The van der Waals surface area contributed by atoms with E-state index in [0.717, 1.165) is 47.6 Å². The number of carbonyl (C=O) groups is 11. The van der Waals surface area contributed by atoms with E-state index in [9.17, 15) is 29.4 Å². The average Bonchev–Trinajstić information content (AvgIpc) is 0.808. The Morgan fingerprint density at radius 1 is 0.536 bits per heavy atom. The van der Waals surface area contributed by atoms with Crippen LogP contribution in [0.25, 0.3) is 0 Å². The molecule has 2 rings (SSSR count). The van der Waals surface area contributed by atoms with Crippen molar-refractivity contribution in [3.8, 4) is 0 Å². The van der Waals surface area contributed by atoms with Gasteiger partial charge in [-0.2, -0.15) is 0 Å². The Bertz CT molecular complexity index is 2650. The number of rotatable bonds is 21. The van der Waals surface area contributed by atoms with Crippen LogP contribution in [0.4, 0.5) is 0 Å². The lowest BCUT2D eigenvalue weighted by atomic mass is 9.91. The van der Waals surface area contributed by atoms with Gasteiger partial charge in [-0.3, -0.25) is 57.6 Å². The van der Waals surface area contributed by atoms with Crippen LogP contribution in [0.15, 0.2) is 12.2 Å². The summed E-state index contributed by atoms with van der Waals surface area (Å²) >= 11 is 1.15. The molecular weight excluding hydrogens is 1260 g/mol. The van der Waals surface area contributed by atoms with Crippen molar-refractivity contribution in [2.45, 2.75) is 247 Å². The molecule has 26 nitrogen and oxygen atoms in total. The Labute approximate surface area is 584 Å². The first-order chi connectivity index (χ1) is 45.0. The molecule has 0 aromatic rings. The minimum Gasteiger partial charge on any atom is -0.390 e. The fraction of sp³-hybridized carbons (Fsp3) is 0.814. The normalized spacial score (nSPS) is 27.1. The highest BCUT2D eigenvalue weighted by Crippen LogP contribution is 2.28. The molecule has 0 aliphatic carbocycles. The van der Waals surface area contributed by atoms with Crippen LogP contribution in [0, 0.1) is 35.5 Å². The highest BCUT2D eigenvalue weighted by molar-refractivity contribution is 8.00. The number of likely N-dealkylation sites (N-methyl/N-ethyl adjacent to an activating group) is 7. The number of aliphatic hydroxyl groups excluding tert-OH is 1. The molecule has 2 aliphatic heterocycles. The van der Waals surface area contributed by atoms with E-state index in [1.54, 1.807) is 54.5 Å². The fourth-order valence-corrected chi connectivity index (χ4v) is 13.6. The van der Waals surface area contributed by atoms with Gasteiger partial charge in [-0.05, 0) is 127 Å². The molecule has 0 radical (unpaired) electrons. The molecular formula is C70H126N12O14S. The van der Waals surface area contributed by atoms with E-state index >= 15 is 33.6 Å². The number of ether oxygens (including phenoxy) is 1. The lowest BCUT2D eigenvalue weighted by molar-refractivity contribution is -0.157. The smallest absolute Gasteiger partial charge is 0.256 e. The Hall–Kier alpha value is -5.90. The summed E-state index contributed by atoms with van der Waals surface area (Å²) in [6, 6.07) is -13.1. The van der Waals surface area contributed by atoms with E-state index in [1.807, 2.05) is 47.6 Å². The average molecular weight is 1390 g/mol. The number of carbonyl (C=O) groups excluding carboxylic acids is 11. The number of hydrogen-bond donors (Lipinski definition) is 6. The third-order valence-corrected chi connectivity index (χ3v) is 19.8. The zero-order chi connectivity index (χ0) is 74.4. The van der Waals surface area contributed by atoms with E-state index in [4.69, 9.17) is 4.74 Å². The molecule has 13 atom stereocenters. The molecule has 0 bridgehead atoms. The van der Waals surface area contributed by atoms with Crippen LogP contribution in [0.2, 0.25) is 0 Å². The number of thioether (sulfide) groups is 1. The van der Waals surface area contributed by atoms with E-state index < -0.39 is 160 Å². The molecule has 0 spiro atoms. The maximum atomic E-state index is 15.4. The van der Waals surface area contributed by atoms with E-state index in [0.29, 0.717) is 25.4 Å². The second-order valence-corrected chi connectivity index (χ2v) is 30.8. The first-order valence-electron chi connectivity index (χ1n) is 35.0. The molecule has 2 aliphatic rings. The second kappa shape index (κ2) is 40.4. The van der Waals surface area contributed by atoms with Gasteiger partial charge in [0, 0.05) is 68.8 Å². The summed E-state index contributed by atoms with van der Waals surface area (Å²) < 4.78 is 5.54. The van der Waals surface area contributed by atoms with Gasteiger partial charge in [-0.15, -0.1) is 11.8 Å². The van der Waals surface area contributed by atoms with E-state index in [-0.39, 0.29) is 56.3 Å². The van der Waals surface area contributed by atoms with Crippen molar-refractivity contribution < 1.29 is 67.7 Å². The minimum atomic E-state index is -1.66. The quantitative estimate of drug-likeness (QED) is 0.0707. The second-order valence-electron chi connectivity index (χ2n) is 29.6. The Kier molecular flexibility index (Phi) is 36.3. The van der Waals surface area contributed by atoms with Gasteiger partial charge in [-0.25, -0.2) is 0 Å². The SMILES string of the molecule is C/C=C/C[C@@H](C)[C@@H](O)[C@H]1C(=O)N[C@@H](CC)C(=O)N(C)[C@H](SCCCCN2CCOCC2)C(=O)N(C)[C@@H](CC(C)(C)O)C(=O)N[C@@H](C(C)C)C(=O)N(C)[C@@H](CC(C)C)C(=O)N[C@@H](C)C(=O)N[C@H](C)C(=O)N(C)[C@@H](CC(C)C)C(=O)N(C)[C@@H](CC(C)C)C(=O)N(C)[C@@H](C(C)C)C(=O)N1C. The molecule has 11 amide bonds. The summed E-state index contributed by atoms with van der Waals surface area (Å²) in [5.41, 5.74) is -1.59. The largest absolute Gasteiger partial charge is 0.390 e. The molecule has 0 aromatic carbocycles. The van der Waals surface area contributed by atoms with Gasteiger partial charge in [0.25, 0.3) is 5.91 Å². The molecule has 27 heteroatoms. The van der Waals surface area contributed by atoms with Crippen molar-refractivity contribution in [2.24, 2.45) is 35.5 Å². The number of hydrogen-bond acceptors (Lipinski definition) is 16. The highest BCUT2D eigenvalue weighted by Gasteiger charge is 2.47. The maximum Gasteiger partial charge on any atom is 0.256 e. The van der Waals surface area contributed by atoms with Crippen LogP contribution < -0.4 is 21.3 Å². The Balaban J connectivity index is 3.11. The maximum absolute atomic E-state index is 15.4. The molecule has 2 heterocycles. The van der Waals surface area contributed by atoms with Crippen LogP contribution in [-0.4, -0.2) is 280 Å². The summed E-state index contributed by atoms with van der Waals surface area (Å²) in [7, 11) is 9.89. The van der Waals surface area contributed by atoms with Crippen molar-refractivity contribution in [2.75, 3.05) is 87.9 Å². The number of unbranched alkanes of at least 4 members (excludes halogenated alkanes) is 1. The standard InChI is InChI=1S/C70H126N12O14S/c1-25-27-30-46(13)57(83)56-61(87)73-49(26-2)63(89)81(24)69(97-36-29-28-31-82-32-34-96-35-33-82)68(94)78(21)53(40-70(16,17)95)60(86)74-54(44(9)10)66(92)75(18)50(37-41(3)4)59(85)71-47(14)58(84)72-48(15)62(88)76(19)51(38-42(5)6)64(90)77(20)52(39-43(7)8)65(91)79(22)55(45(11)12)67(93)80(56)23/h25,27,41-57,69,83,95H,26,28-40H2,1-24H3,(H,71,85)(H,72,84)(H,73,87)(H,74,86)/b27-25+/t46-,47+,48-,49+,50+,51+,52+,53+,54+,55+,56+,57-,69-/m1/s1. The summed E-state index contributed by atoms with van der Waals surface area (Å²) in [5, 5.41) is 33.5. The third kappa shape index (κ3) is 25.7. The van der Waals surface area contributed by atoms with Crippen molar-refractivity contribution in [3.05, 3.63) is 12.2 Å². The van der Waals surface area contributed by atoms with Crippen LogP contribution in [-0.2, 0) is 57.5 Å². The minimum absolute atomic E-state index is 0.0304. The lowest BCUT2D eigenvalue weighted by Gasteiger charge is -2.41. The number of aliphatic hydroxyl groups is 2. The molecule has 0 aromatic heterocycles. The van der Waals surface area contributed by atoms with Gasteiger partial charge >= 0.3 is 0 Å². The number of nitrogens with zero attached hydrogens (tertiary/aromatic N) is 8. The van der Waals surface area contributed by atoms with Gasteiger partial charge in [0.1, 0.15) is 60.4 Å². The zero-order valence-corrected chi connectivity index (χ0v) is 64.0. The highest BCUT2D eigenvalue weighted by atomic mass is 32.2. The fourth-order valence-electron chi connectivity index (χ4n) is 12.3. The van der Waals surface area contributed by atoms with Crippen LogP contribution in [0.3, 0.4) is 0 Å². The van der Waals surface area contributed by atoms with Crippen LogP contribution in [0.1, 0.15) is 169 Å². The molecule has 0 saturated carbocycles. The first kappa shape index (κ1) is 87.2. The third-order valence-electron chi connectivity index (χ3n) is 18.4. The van der Waals surface area contributed by atoms with Crippen molar-refractivity contribution in [1.82, 2.24) is 60.5 Å². The van der Waals surface area contributed by atoms with E-state index in [2.05, 4.69) is 26.2 Å². The summed E-state index contributed by atoms with van der Waals surface area (Å²) in [5.74, 6) is -9.95. The topological polar surface area (TPSA) is 312 Å². The summed E-state index contributed by atoms with van der Waals surface area (Å²) in [6.45, 7) is 32.5. The Morgan fingerprint density at radius 3 is 1.51 bits per heavy atom. The van der Waals surface area contributed by atoms with Gasteiger partial charge < -0.3 is 70.5 Å².